The van der Waals surface area contributed by atoms with E-state index in [0.29, 0.717) is 5.54 Å². The Bertz CT molecular complexity index is 148. The second-order valence-corrected chi connectivity index (χ2v) is 3.98. The number of hydrogen-bond acceptors (Lipinski definition) is 3. The predicted octanol–water partition coefficient (Wildman–Crippen LogP) is -0.585. The van der Waals surface area contributed by atoms with Gasteiger partial charge >= 0.3 is 0 Å². The fraction of sp³-hybridized carbons (Fsp3) is 1.00. The normalized spacial score (nSPS) is 40.9. The topological polar surface area (TPSA) is 35.5 Å². The standard InChI is InChI=1S/C8H16N2O/c1-8(2-3-9-6-8)10-4-7(11)5-10/h7,9,11H,2-6H2,1H3. The van der Waals surface area contributed by atoms with Crippen molar-refractivity contribution < 1.29 is 5.11 Å². The Kier molecular flexibility index (Phi) is 1.67. The molecular weight excluding hydrogens is 140 g/mol. The molecule has 0 aromatic heterocycles. The number of rotatable bonds is 1. The van der Waals surface area contributed by atoms with Gasteiger partial charge < -0.3 is 10.4 Å². The van der Waals surface area contributed by atoms with E-state index < -0.39 is 0 Å². The lowest BCUT2D eigenvalue weighted by atomic mass is 9.94. The van der Waals surface area contributed by atoms with Crippen LogP contribution < -0.4 is 5.32 Å². The first-order valence-corrected chi connectivity index (χ1v) is 4.34. The van der Waals surface area contributed by atoms with Crippen LogP contribution in [0.3, 0.4) is 0 Å². The third-order valence-electron chi connectivity index (χ3n) is 2.97. The van der Waals surface area contributed by atoms with Crippen molar-refractivity contribution in [2.24, 2.45) is 0 Å². The average Bonchev–Trinajstić information content (AvgIpc) is 2.30. The largest absolute Gasteiger partial charge is 0.390 e. The summed E-state index contributed by atoms with van der Waals surface area (Å²) in [7, 11) is 0. The summed E-state index contributed by atoms with van der Waals surface area (Å²) in [6.07, 6.45) is 1.16. The van der Waals surface area contributed by atoms with Crippen LogP contribution in [0.5, 0.6) is 0 Å². The number of aliphatic hydroxyl groups is 1. The van der Waals surface area contributed by atoms with E-state index in [4.69, 9.17) is 5.11 Å². The van der Waals surface area contributed by atoms with Gasteiger partial charge in [0.15, 0.2) is 0 Å². The van der Waals surface area contributed by atoms with Crippen molar-refractivity contribution in [3.8, 4) is 0 Å². The highest BCUT2D eigenvalue weighted by atomic mass is 16.3. The quantitative estimate of drug-likeness (QED) is 0.533. The molecule has 2 N–H and O–H groups in total. The Labute approximate surface area is 67.4 Å². The maximum atomic E-state index is 9.13. The number of likely N-dealkylation sites (tertiary alicyclic amines) is 1. The van der Waals surface area contributed by atoms with Crippen LogP contribution in [0.2, 0.25) is 0 Å². The monoisotopic (exact) mass is 156 g/mol. The molecule has 2 saturated heterocycles. The maximum Gasteiger partial charge on any atom is 0.0794 e. The van der Waals surface area contributed by atoms with Crippen LogP contribution in [0.15, 0.2) is 0 Å². The van der Waals surface area contributed by atoms with Crippen LogP contribution in [-0.2, 0) is 0 Å². The Morgan fingerprint density at radius 1 is 1.55 bits per heavy atom. The Morgan fingerprint density at radius 2 is 2.27 bits per heavy atom. The van der Waals surface area contributed by atoms with Crippen LogP contribution in [0.1, 0.15) is 13.3 Å². The molecule has 1 unspecified atom stereocenters. The highest BCUT2D eigenvalue weighted by Crippen LogP contribution is 2.27. The molecule has 0 aromatic carbocycles. The minimum absolute atomic E-state index is 0.0626. The molecule has 0 bridgehead atoms. The number of aliphatic hydroxyl groups excluding tert-OH is 1. The van der Waals surface area contributed by atoms with Crippen molar-refractivity contribution in [2.45, 2.75) is 25.0 Å². The molecule has 0 amide bonds. The Hall–Kier alpha value is -0.120. The summed E-state index contributed by atoms with van der Waals surface area (Å²) < 4.78 is 0. The highest BCUT2D eigenvalue weighted by Gasteiger charge is 2.41. The van der Waals surface area contributed by atoms with Crippen LogP contribution >= 0.6 is 0 Å². The molecule has 64 valence electrons. The van der Waals surface area contributed by atoms with Gasteiger partial charge in [0.2, 0.25) is 0 Å². The lowest BCUT2D eigenvalue weighted by Gasteiger charge is -2.47. The number of nitrogens with one attached hydrogen (secondary N) is 1. The third-order valence-corrected chi connectivity index (χ3v) is 2.97. The predicted molar refractivity (Wildman–Crippen MR) is 43.5 cm³/mol. The van der Waals surface area contributed by atoms with E-state index in [9.17, 15) is 0 Å². The van der Waals surface area contributed by atoms with E-state index in [-0.39, 0.29) is 6.10 Å². The first-order valence-electron chi connectivity index (χ1n) is 4.34. The molecule has 2 aliphatic rings. The van der Waals surface area contributed by atoms with E-state index in [2.05, 4.69) is 17.1 Å². The van der Waals surface area contributed by atoms with Crippen molar-refractivity contribution in [2.75, 3.05) is 26.2 Å². The smallest absolute Gasteiger partial charge is 0.0794 e. The Balaban J connectivity index is 1.93. The van der Waals surface area contributed by atoms with E-state index in [1.54, 1.807) is 0 Å². The van der Waals surface area contributed by atoms with E-state index in [0.717, 1.165) is 26.2 Å². The van der Waals surface area contributed by atoms with Gasteiger partial charge in [-0.3, -0.25) is 4.90 Å². The summed E-state index contributed by atoms with van der Waals surface area (Å²) >= 11 is 0. The summed E-state index contributed by atoms with van der Waals surface area (Å²) in [5, 5.41) is 12.5. The molecule has 3 heteroatoms. The van der Waals surface area contributed by atoms with Crippen molar-refractivity contribution in [3.63, 3.8) is 0 Å². The molecule has 1 atom stereocenters. The van der Waals surface area contributed by atoms with Gasteiger partial charge in [-0.15, -0.1) is 0 Å². The highest BCUT2D eigenvalue weighted by molar-refractivity contribution is 4.99. The molecule has 0 spiro atoms. The lowest BCUT2D eigenvalue weighted by Crippen LogP contribution is -2.61. The zero-order valence-electron chi connectivity index (χ0n) is 7.01. The van der Waals surface area contributed by atoms with Gasteiger partial charge in [0.1, 0.15) is 0 Å². The van der Waals surface area contributed by atoms with E-state index >= 15 is 0 Å². The third kappa shape index (κ3) is 1.17. The first-order chi connectivity index (χ1) is 5.21. The minimum Gasteiger partial charge on any atom is -0.390 e. The van der Waals surface area contributed by atoms with Gasteiger partial charge in [-0.2, -0.15) is 0 Å². The van der Waals surface area contributed by atoms with Crippen LogP contribution in [0, 0.1) is 0 Å². The summed E-state index contributed by atoms with van der Waals surface area (Å²) in [5.41, 5.74) is 0.333. The molecule has 3 nitrogen and oxygen atoms in total. The first kappa shape index (κ1) is 7.53. The molecule has 0 aliphatic carbocycles. The number of hydrogen-bond donors (Lipinski definition) is 2. The average molecular weight is 156 g/mol. The van der Waals surface area contributed by atoms with Crippen molar-refractivity contribution in [3.05, 3.63) is 0 Å². The molecule has 0 aromatic rings. The second kappa shape index (κ2) is 2.44. The molecule has 2 heterocycles. The summed E-state index contributed by atoms with van der Waals surface area (Å²) in [4.78, 5) is 2.37. The zero-order valence-corrected chi connectivity index (χ0v) is 7.01. The molecule has 2 aliphatic heterocycles. The Morgan fingerprint density at radius 3 is 2.73 bits per heavy atom. The number of nitrogens with zero attached hydrogens (tertiary/aromatic N) is 1. The minimum atomic E-state index is -0.0626. The second-order valence-electron chi connectivity index (χ2n) is 3.98. The van der Waals surface area contributed by atoms with Crippen LogP contribution in [0.4, 0.5) is 0 Å². The van der Waals surface area contributed by atoms with Crippen molar-refractivity contribution in [1.82, 2.24) is 10.2 Å². The molecular formula is C8H16N2O. The lowest BCUT2D eigenvalue weighted by molar-refractivity contribution is -0.0543. The molecule has 2 fully saturated rings. The van der Waals surface area contributed by atoms with Crippen molar-refractivity contribution >= 4 is 0 Å². The van der Waals surface area contributed by atoms with Gasteiger partial charge in [0.25, 0.3) is 0 Å². The summed E-state index contributed by atoms with van der Waals surface area (Å²) in [6, 6.07) is 0. The molecule has 0 radical (unpaired) electrons. The van der Waals surface area contributed by atoms with Crippen molar-refractivity contribution in [1.29, 1.82) is 0 Å². The van der Waals surface area contributed by atoms with E-state index in [1.165, 1.54) is 6.42 Å². The fourth-order valence-corrected chi connectivity index (χ4v) is 1.97. The zero-order chi connectivity index (χ0) is 7.90. The summed E-state index contributed by atoms with van der Waals surface area (Å²) in [5.74, 6) is 0. The van der Waals surface area contributed by atoms with Gasteiger partial charge in [0, 0.05) is 25.2 Å². The van der Waals surface area contributed by atoms with Gasteiger partial charge in [-0.05, 0) is 19.9 Å². The van der Waals surface area contributed by atoms with Gasteiger partial charge in [0.05, 0.1) is 6.10 Å². The SMILES string of the molecule is CC1(N2CC(O)C2)CCNC1. The van der Waals surface area contributed by atoms with Gasteiger partial charge in [-0.25, -0.2) is 0 Å². The summed E-state index contributed by atoms with van der Waals surface area (Å²) in [6.45, 7) is 6.23. The fourth-order valence-electron chi connectivity index (χ4n) is 1.97. The number of β-amino-alcohol motifs (C(OH)–C–C–N with tert-alkyl or cyclic N) is 1. The molecule has 0 saturated carbocycles. The van der Waals surface area contributed by atoms with E-state index in [1.807, 2.05) is 0 Å². The van der Waals surface area contributed by atoms with Crippen LogP contribution in [0.25, 0.3) is 0 Å². The van der Waals surface area contributed by atoms with Crippen LogP contribution in [-0.4, -0.2) is 47.8 Å². The molecule has 11 heavy (non-hydrogen) atoms. The maximum absolute atomic E-state index is 9.13. The van der Waals surface area contributed by atoms with Gasteiger partial charge in [-0.1, -0.05) is 0 Å². The molecule has 2 rings (SSSR count).